The van der Waals surface area contributed by atoms with Crippen molar-refractivity contribution in [1.29, 1.82) is 0 Å². The molecule has 8 nitrogen and oxygen atoms in total. The van der Waals surface area contributed by atoms with E-state index in [0.717, 1.165) is 5.56 Å². The van der Waals surface area contributed by atoms with Gasteiger partial charge in [-0.2, -0.15) is 4.98 Å². The van der Waals surface area contributed by atoms with E-state index in [0.29, 0.717) is 52.3 Å². The van der Waals surface area contributed by atoms with Crippen LogP contribution in [0.4, 0.5) is 11.6 Å². The van der Waals surface area contributed by atoms with E-state index in [1.807, 2.05) is 30.3 Å². The number of fused-ring (bicyclic) bond motifs is 1. The second-order valence-electron chi connectivity index (χ2n) is 8.72. The number of pyridine rings is 1. The van der Waals surface area contributed by atoms with Gasteiger partial charge in [-0.25, -0.2) is 9.78 Å². The molecular formula is C26H28N4O4. The molecule has 34 heavy (non-hydrogen) atoms. The number of benzene rings is 2. The van der Waals surface area contributed by atoms with Gasteiger partial charge in [0.15, 0.2) is 0 Å². The molecule has 2 aromatic heterocycles. The number of methoxy groups -OCH3 is 1. The van der Waals surface area contributed by atoms with Gasteiger partial charge in [0.25, 0.3) is 0 Å². The lowest BCUT2D eigenvalue weighted by molar-refractivity contribution is 0.0526. The Balaban J connectivity index is 1.67. The summed E-state index contributed by atoms with van der Waals surface area (Å²) in [6, 6.07) is 16.6. The van der Waals surface area contributed by atoms with Crippen LogP contribution >= 0.6 is 0 Å². The molecule has 0 atom stereocenters. The molecule has 0 bridgehead atoms. The van der Waals surface area contributed by atoms with Crippen LogP contribution in [0.15, 0.2) is 54.6 Å². The molecule has 2 aromatic carbocycles. The number of anilines is 2. The molecule has 0 aliphatic rings. The first-order chi connectivity index (χ1) is 16.3. The summed E-state index contributed by atoms with van der Waals surface area (Å²) >= 11 is 0. The minimum Gasteiger partial charge on any atom is -0.481 e. The number of esters is 1. The first-order valence-electron chi connectivity index (χ1n) is 11.0. The largest absolute Gasteiger partial charge is 0.481 e. The van der Waals surface area contributed by atoms with Crippen molar-refractivity contribution in [2.45, 2.75) is 33.1 Å². The number of rotatable bonds is 7. The number of nitrogens with zero attached hydrogens (tertiary/aromatic N) is 2. The zero-order valence-corrected chi connectivity index (χ0v) is 19.9. The first kappa shape index (κ1) is 23.1. The lowest BCUT2D eigenvalue weighted by atomic mass is 9.86. The molecule has 0 radical (unpaired) electrons. The third-order valence-electron chi connectivity index (χ3n) is 5.19. The fraction of sp³-hybridized carbons (Fsp3) is 0.269. The van der Waals surface area contributed by atoms with E-state index in [2.05, 4.69) is 41.0 Å². The maximum Gasteiger partial charge on any atom is 0.338 e. The van der Waals surface area contributed by atoms with E-state index in [-0.39, 0.29) is 11.4 Å². The molecule has 0 spiro atoms. The van der Waals surface area contributed by atoms with E-state index in [1.54, 1.807) is 38.3 Å². The zero-order valence-electron chi connectivity index (χ0n) is 19.9. The Morgan fingerprint density at radius 3 is 2.59 bits per heavy atom. The Hall–Kier alpha value is -4.07. The first-order valence-corrected chi connectivity index (χ1v) is 11.0. The summed E-state index contributed by atoms with van der Waals surface area (Å²) in [5, 5.41) is 3.24. The molecule has 0 amide bonds. The predicted molar refractivity (Wildman–Crippen MR) is 131 cm³/mol. The number of carbonyl (C=O) groups is 1. The van der Waals surface area contributed by atoms with Gasteiger partial charge >= 0.3 is 5.97 Å². The summed E-state index contributed by atoms with van der Waals surface area (Å²) in [6.45, 7) is 8.49. The van der Waals surface area contributed by atoms with Crippen molar-refractivity contribution in [1.82, 2.24) is 15.0 Å². The number of hydrogen-bond donors (Lipinski definition) is 2. The van der Waals surface area contributed by atoms with Gasteiger partial charge in [-0.15, -0.1) is 0 Å². The van der Waals surface area contributed by atoms with Crippen LogP contribution in [-0.4, -0.2) is 34.6 Å². The van der Waals surface area contributed by atoms with Crippen LogP contribution < -0.4 is 14.8 Å². The van der Waals surface area contributed by atoms with Gasteiger partial charge in [-0.05, 0) is 42.7 Å². The standard InChI is InChI=1S/C26H28N4O4/c1-6-33-24(31)16-11-12-18-20(15-16)29-25(27-18)28-19-13-14-22(32-5)30-23(19)34-21-10-8-7-9-17(21)26(2,3)4/h7-15H,6H2,1-5H3,(H2,27,28,29). The van der Waals surface area contributed by atoms with Crippen LogP contribution in [0.5, 0.6) is 17.5 Å². The second-order valence-corrected chi connectivity index (χ2v) is 8.72. The highest BCUT2D eigenvalue weighted by Gasteiger charge is 2.21. The van der Waals surface area contributed by atoms with E-state index >= 15 is 0 Å². The lowest BCUT2D eigenvalue weighted by Gasteiger charge is -2.23. The molecule has 2 N–H and O–H groups in total. The van der Waals surface area contributed by atoms with Gasteiger partial charge in [-0.1, -0.05) is 39.0 Å². The quantitative estimate of drug-likeness (QED) is 0.328. The summed E-state index contributed by atoms with van der Waals surface area (Å²) < 4.78 is 16.7. The van der Waals surface area contributed by atoms with Gasteiger partial charge in [0, 0.05) is 11.6 Å². The van der Waals surface area contributed by atoms with E-state index in [4.69, 9.17) is 14.2 Å². The number of para-hydroxylation sites is 1. The predicted octanol–water partition coefficient (Wildman–Crippen LogP) is 5.98. The average molecular weight is 461 g/mol. The Morgan fingerprint density at radius 1 is 1.06 bits per heavy atom. The highest BCUT2D eigenvalue weighted by molar-refractivity contribution is 5.94. The topological polar surface area (TPSA) is 98.4 Å². The smallest absolute Gasteiger partial charge is 0.338 e. The summed E-state index contributed by atoms with van der Waals surface area (Å²) in [5.74, 6) is 1.60. The maximum absolute atomic E-state index is 12.1. The summed E-state index contributed by atoms with van der Waals surface area (Å²) in [6.07, 6.45) is 0. The van der Waals surface area contributed by atoms with Crippen molar-refractivity contribution in [3.63, 3.8) is 0 Å². The van der Waals surface area contributed by atoms with Crippen LogP contribution in [0.3, 0.4) is 0 Å². The SMILES string of the molecule is CCOC(=O)c1ccc2nc(Nc3ccc(OC)nc3Oc3ccccc3C(C)(C)C)[nH]c2c1. The van der Waals surface area contributed by atoms with Crippen molar-refractivity contribution >= 4 is 28.6 Å². The van der Waals surface area contributed by atoms with Crippen LogP contribution in [0.2, 0.25) is 0 Å². The molecule has 0 unspecified atom stereocenters. The Morgan fingerprint density at radius 2 is 1.85 bits per heavy atom. The van der Waals surface area contributed by atoms with Crippen molar-refractivity contribution < 1.29 is 19.0 Å². The molecule has 4 rings (SSSR count). The number of aromatic nitrogens is 3. The van der Waals surface area contributed by atoms with Crippen LogP contribution in [0, 0.1) is 0 Å². The molecule has 2 heterocycles. The molecule has 4 aromatic rings. The van der Waals surface area contributed by atoms with Crippen molar-refractivity contribution in [2.75, 3.05) is 19.0 Å². The van der Waals surface area contributed by atoms with Gasteiger partial charge in [-0.3, -0.25) is 0 Å². The summed E-state index contributed by atoms with van der Waals surface area (Å²) in [4.78, 5) is 24.3. The molecule has 0 aliphatic carbocycles. The minimum absolute atomic E-state index is 0.113. The maximum atomic E-state index is 12.1. The third-order valence-corrected chi connectivity index (χ3v) is 5.19. The van der Waals surface area contributed by atoms with Gasteiger partial charge in [0.2, 0.25) is 17.7 Å². The molecule has 0 fully saturated rings. The van der Waals surface area contributed by atoms with Crippen LogP contribution in [0.25, 0.3) is 11.0 Å². The number of imidazole rings is 1. The Bertz CT molecular complexity index is 1320. The lowest BCUT2D eigenvalue weighted by Crippen LogP contribution is -2.12. The summed E-state index contributed by atoms with van der Waals surface area (Å²) in [7, 11) is 1.56. The number of ether oxygens (including phenoxy) is 3. The number of hydrogen-bond acceptors (Lipinski definition) is 7. The van der Waals surface area contributed by atoms with Crippen LogP contribution in [0.1, 0.15) is 43.6 Å². The zero-order chi connectivity index (χ0) is 24.3. The average Bonchev–Trinajstić information content (AvgIpc) is 3.21. The van der Waals surface area contributed by atoms with Crippen LogP contribution in [-0.2, 0) is 10.2 Å². The molecular weight excluding hydrogens is 432 g/mol. The fourth-order valence-electron chi connectivity index (χ4n) is 3.53. The van der Waals surface area contributed by atoms with Gasteiger partial charge in [0.1, 0.15) is 11.4 Å². The molecule has 8 heteroatoms. The highest BCUT2D eigenvalue weighted by Crippen LogP contribution is 2.37. The van der Waals surface area contributed by atoms with Crippen molar-refractivity contribution in [3.05, 3.63) is 65.7 Å². The van der Waals surface area contributed by atoms with Gasteiger partial charge < -0.3 is 24.5 Å². The van der Waals surface area contributed by atoms with E-state index < -0.39 is 0 Å². The number of aromatic amines is 1. The van der Waals surface area contributed by atoms with E-state index in [1.165, 1.54) is 0 Å². The van der Waals surface area contributed by atoms with Crippen molar-refractivity contribution in [3.8, 4) is 17.5 Å². The molecule has 0 aliphatic heterocycles. The molecule has 0 saturated carbocycles. The fourth-order valence-corrected chi connectivity index (χ4v) is 3.53. The Labute approximate surface area is 198 Å². The van der Waals surface area contributed by atoms with E-state index in [9.17, 15) is 4.79 Å². The Kier molecular flexibility index (Phi) is 6.40. The normalized spacial score (nSPS) is 11.3. The summed E-state index contributed by atoms with van der Waals surface area (Å²) in [5.41, 5.74) is 3.42. The molecule has 0 saturated heterocycles. The monoisotopic (exact) mass is 460 g/mol. The number of H-pyrrole nitrogens is 1. The highest BCUT2D eigenvalue weighted by atomic mass is 16.5. The third kappa shape index (κ3) is 4.96. The minimum atomic E-state index is -0.374. The molecule has 176 valence electrons. The van der Waals surface area contributed by atoms with Gasteiger partial charge in [0.05, 0.1) is 30.3 Å². The second kappa shape index (κ2) is 9.43. The number of carbonyl (C=O) groups excluding carboxylic acids is 1. The van der Waals surface area contributed by atoms with Crippen molar-refractivity contribution in [2.24, 2.45) is 0 Å². The number of nitrogens with one attached hydrogen (secondary N) is 2.